The third-order valence-corrected chi connectivity index (χ3v) is 1.88. The largest absolute Gasteiger partial charge is 0.462 e. The van der Waals surface area contributed by atoms with Crippen molar-refractivity contribution in [3.05, 3.63) is 11.8 Å². The topological polar surface area (TPSA) is 79.4 Å². The molecule has 0 aliphatic heterocycles. The fourth-order valence-electron chi connectivity index (χ4n) is 1.12. The minimum Gasteiger partial charge on any atom is -0.462 e. The molecule has 1 rings (SSSR count). The van der Waals surface area contributed by atoms with E-state index in [1.165, 1.54) is 10.9 Å². The molecule has 0 saturated heterocycles. The lowest BCUT2D eigenvalue weighted by atomic mass is 10.3. The molecule has 2 N–H and O–H groups in total. The molecule has 0 aliphatic rings. The Labute approximate surface area is 88.0 Å². The molecular weight excluding hydrogens is 198 g/mol. The Hall–Kier alpha value is -1.56. The van der Waals surface area contributed by atoms with Gasteiger partial charge in [-0.05, 0) is 6.92 Å². The Kier molecular flexibility index (Phi) is 4.11. The Morgan fingerprint density at radius 3 is 3.00 bits per heavy atom. The molecule has 1 heterocycles. The first-order valence-electron chi connectivity index (χ1n) is 4.68. The van der Waals surface area contributed by atoms with Crippen LogP contribution in [-0.4, -0.2) is 36.1 Å². The highest BCUT2D eigenvalue weighted by Gasteiger charge is 2.15. The third-order valence-electron chi connectivity index (χ3n) is 1.88. The van der Waals surface area contributed by atoms with Crippen molar-refractivity contribution in [3.63, 3.8) is 0 Å². The van der Waals surface area contributed by atoms with E-state index in [2.05, 4.69) is 5.10 Å². The number of carbonyl (C=O) groups is 1. The smallest absolute Gasteiger partial charge is 0.343 e. The number of carbonyl (C=O) groups excluding carboxylic acids is 1. The van der Waals surface area contributed by atoms with Gasteiger partial charge in [0, 0.05) is 7.11 Å². The Morgan fingerprint density at radius 1 is 1.67 bits per heavy atom. The van der Waals surface area contributed by atoms with Gasteiger partial charge in [0.25, 0.3) is 0 Å². The summed E-state index contributed by atoms with van der Waals surface area (Å²) in [4.78, 5) is 11.4. The van der Waals surface area contributed by atoms with Gasteiger partial charge in [-0.15, -0.1) is 0 Å². The van der Waals surface area contributed by atoms with Gasteiger partial charge in [0.1, 0.15) is 11.4 Å². The highest BCUT2D eigenvalue weighted by molar-refractivity contribution is 5.93. The van der Waals surface area contributed by atoms with E-state index in [0.29, 0.717) is 31.1 Å². The minimum absolute atomic E-state index is 0.299. The number of ether oxygens (including phenoxy) is 2. The number of methoxy groups -OCH3 is 1. The van der Waals surface area contributed by atoms with Crippen LogP contribution < -0.4 is 5.73 Å². The first-order chi connectivity index (χ1) is 7.20. The molecule has 0 aromatic carbocycles. The van der Waals surface area contributed by atoms with Gasteiger partial charge in [-0.3, -0.25) is 0 Å². The number of nitrogens with two attached hydrogens (primary N) is 1. The van der Waals surface area contributed by atoms with Crippen LogP contribution in [0.4, 0.5) is 5.82 Å². The van der Waals surface area contributed by atoms with Crippen LogP contribution in [0.1, 0.15) is 17.3 Å². The van der Waals surface area contributed by atoms with E-state index >= 15 is 0 Å². The van der Waals surface area contributed by atoms with Crippen LogP contribution in [0, 0.1) is 0 Å². The first kappa shape index (κ1) is 11.5. The number of hydrogen-bond donors (Lipinski definition) is 1. The van der Waals surface area contributed by atoms with Gasteiger partial charge in [0.15, 0.2) is 0 Å². The van der Waals surface area contributed by atoms with Gasteiger partial charge in [0.2, 0.25) is 0 Å². The number of esters is 1. The number of rotatable bonds is 5. The van der Waals surface area contributed by atoms with Crippen LogP contribution in [0.5, 0.6) is 0 Å². The third kappa shape index (κ3) is 2.69. The van der Waals surface area contributed by atoms with Crippen LogP contribution >= 0.6 is 0 Å². The second-order valence-corrected chi connectivity index (χ2v) is 2.88. The predicted molar refractivity (Wildman–Crippen MR) is 54.5 cm³/mol. The van der Waals surface area contributed by atoms with Crippen LogP contribution in [0.2, 0.25) is 0 Å². The number of aromatic nitrogens is 2. The van der Waals surface area contributed by atoms with Crippen molar-refractivity contribution in [2.45, 2.75) is 13.5 Å². The minimum atomic E-state index is -0.446. The van der Waals surface area contributed by atoms with E-state index in [9.17, 15) is 4.79 Å². The maximum absolute atomic E-state index is 11.4. The van der Waals surface area contributed by atoms with Crippen molar-refractivity contribution < 1.29 is 14.3 Å². The summed E-state index contributed by atoms with van der Waals surface area (Å²) in [6.45, 7) is 3.07. The summed E-state index contributed by atoms with van der Waals surface area (Å²) in [6.07, 6.45) is 1.41. The maximum Gasteiger partial charge on any atom is 0.343 e. The highest BCUT2D eigenvalue weighted by Crippen LogP contribution is 2.11. The average Bonchev–Trinajstić information content (AvgIpc) is 2.57. The zero-order valence-corrected chi connectivity index (χ0v) is 8.90. The van der Waals surface area contributed by atoms with Gasteiger partial charge in [-0.1, -0.05) is 0 Å². The highest BCUT2D eigenvalue weighted by atomic mass is 16.5. The molecule has 0 unspecified atom stereocenters. The van der Waals surface area contributed by atoms with Crippen LogP contribution in [0.25, 0.3) is 0 Å². The standard InChI is InChI=1S/C9H15N3O3/c1-3-15-9(13)7-6-11-12(8(7)10)4-5-14-2/h6H,3-5,10H2,1-2H3. The number of anilines is 1. The summed E-state index contributed by atoms with van der Waals surface area (Å²) in [5, 5.41) is 3.97. The van der Waals surface area contributed by atoms with Crippen LogP contribution in [0.15, 0.2) is 6.20 Å². The normalized spacial score (nSPS) is 10.3. The average molecular weight is 213 g/mol. The molecule has 15 heavy (non-hydrogen) atoms. The van der Waals surface area contributed by atoms with E-state index in [4.69, 9.17) is 15.2 Å². The predicted octanol–water partition coefficient (Wildman–Crippen LogP) is 0.288. The van der Waals surface area contributed by atoms with Crippen LogP contribution in [-0.2, 0) is 16.0 Å². The Morgan fingerprint density at radius 2 is 2.40 bits per heavy atom. The lowest BCUT2D eigenvalue weighted by Gasteiger charge is -2.04. The summed E-state index contributed by atoms with van der Waals surface area (Å²) >= 11 is 0. The molecular formula is C9H15N3O3. The van der Waals surface area contributed by atoms with Crippen molar-refractivity contribution >= 4 is 11.8 Å². The van der Waals surface area contributed by atoms with E-state index in [1.54, 1.807) is 14.0 Å². The van der Waals surface area contributed by atoms with Gasteiger partial charge in [-0.25, -0.2) is 9.48 Å². The molecule has 0 spiro atoms. The zero-order chi connectivity index (χ0) is 11.3. The van der Waals surface area contributed by atoms with Crippen molar-refractivity contribution in [1.82, 2.24) is 9.78 Å². The fraction of sp³-hybridized carbons (Fsp3) is 0.556. The van der Waals surface area contributed by atoms with Gasteiger partial charge in [0.05, 0.1) is 26.0 Å². The van der Waals surface area contributed by atoms with E-state index < -0.39 is 5.97 Å². The lowest BCUT2D eigenvalue weighted by molar-refractivity contribution is 0.0527. The number of nitrogens with zero attached hydrogens (tertiary/aromatic N) is 2. The molecule has 1 aromatic rings. The monoisotopic (exact) mass is 213 g/mol. The van der Waals surface area contributed by atoms with E-state index in [0.717, 1.165) is 0 Å². The number of nitrogen functional groups attached to an aromatic ring is 1. The van der Waals surface area contributed by atoms with Crippen LogP contribution in [0.3, 0.4) is 0 Å². The summed E-state index contributed by atoms with van der Waals surface area (Å²) < 4.78 is 11.2. The lowest BCUT2D eigenvalue weighted by Crippen LogP contribution is -2.12. The summed E-state index contributed by atoms with van der Waals surface area (Å²) in [7, 11) is 1.59. The molecule has 0 bridgehead atoms. The first-order valence-corrected chi connectivity index (χ1v) is 4.68. The van der Waals surface area contributed by atoms with Gasteiger partial charge < -0.3 is 15.2 Å². The summed E-state index contributed by atoms with van der Waals surface area (Å²) in [6, 6.07) is 0. The second-order valence-electron chi connectivity index (χ2n) is 2.88. The molecule has 0 aliphatic carbocycles. The molecule has 6 nitrogen and oxygen atoms in total. The molecule has 0 fully saturated rings. The van der Waals surface area contributed by atoms with Crippen molar-refractivity contribution in [2.24, 2.45) is 0 Å². The second kappa shape index (κ2) is 5.35. The van der Waals surface area contributed by atoms with Gasteiger partial charge in [-0.2, -0.15) is 5.10 Å². The Balaban J connectivity index is 2.74. The molecule has 0 saturated carbocycles. The number of hydrogen-bond acceptors (Lipinski definition) is 5. The quantitative estimate of drug-likeness (QED) is 0.711. The van der Waals surface area contributed by atoms with E-state index in [1.807, 2.05) is 0 Å². The Bertz CT molecular complexity index is 335. The van der Waals surface area contributed by atoms with Gasteiger partial charge >= 0.3 is 5.97 Å². The van der Waals surface area contributed by atoms with E-state index in [-0.39, 0.29) is 0 Å². The molecule has 6 heteroatoms. The van der Waals surface area contributed by atoms with Crippen molar-refractivity contribution in [1.29, 1.82) is 0 Å². The SMILES string of the molecule is CCOC(=O)c1cnn(CCOC)c1N. The molecule has 0 atom stereocenters. The van der Waals surface area contributed by atoms with Crippen molar-refractivity contribution in [2.75, 3.05) is 26.1 Å². The van der Waals surface area contributed by atoms with Crippen molar-refractivity contribution in [3.8, 4) is 0 Å². The zero-order valence-electron chi connectivity index (χ0n) is 8.90. The fourth-order valence-corrected chi connectivity index (χ4v) is 1.12. The molecule has 84 valence electrons. The molecule has 0 amide bonds. The summed E-state index contributed by atoms with van der Waals surface area (Å²) in [5.41, 5.74) is 6.02. The summed E-state index contributed by atoms with van der Waals surface area (Å²) in [5.74, 6) is -0.135. The molecule has 0 radical (unpaired) electrons. The molecule has 1 aromatic heterocycles. The maximum atomic E-state index is 11.4.